The van der Waals surface area contributed by atoms with E-state index in [0.717, 1.165) is 5.56 Å². The molecule has 1 N–H and O–H groups in total. The number of anilines is 1. The highest BCUT2D eigenvalue weighted by atomic mass is 35.5. The topological polar surface area (TPSA) is 64.4 Å². The van der Waals surface area contributed by atoms with E-state index in [1.165, 1.54) is 0 Å². The molecule has 0 radical (unpaired) electrons. The maximum Gasteiger partial charge on any atom is 0.265 e. The lowest BCUT2D eigenvalue weighted by atomic mass is 10.2. The molecule has 5 nitrogen and oxygen atoms in total. The Balaban J connectivity index is 1.54. The fourth-order valence-electron chi connectivity index (χ4n) is 2.83. The molecule has 0 aliphatic heterocycles. The number of rotatable bonds is 5. The van der Waals surface area contributed by atoms with Crippen molar-refractivity contribution in [1.82, 2.24) is 4.98 Å². The Labute approximate surface area is 187 Å². The van der Waals surface area contributed by atoms with E-state index in [2.05, 4.69) is 10.3 Å². The zero-order valence-corrected chi connectivity index (χ0v) is 17.9. The number of oxazole rings is 1. The zero-order chi connectivity index (χ0) is 21.3. The number of halogens is 3. The summed E-state index contributed by atoms with van der Waals surface area (Å²) >= 11 is 18.4. The Bertz CT molecular complexity index is 1230. The van der Waals surface area contributed by atoms with Crippen molar-refractivity contribution in [1.29, 1.82) is 0 Å². The summed E-state index contributed by atoms with van der Waals surface area (Å²) in [6, 6.07) is 17.7. The van der Waals surface area contributed by atoms with Gasteiger partial charge in [-0.1, -0.05) is 59.1 Å². The number of nitrogens with zero attached hydrogens (tertiary/aromatic N) is 1. The number of fused-ring (bicyclic) bond motifs is 1. The van der Waals surface area contributed by atoms with E-state index in [9.17, 15) is 4.79 Å². The van der Waals surface area contributed by atoms with E-state index in [0.29, 0.717) is 38.5 Å². The van der Waals surface area contributed by atoms with Crippen LogP contribution in [0.4, 0.5) is 5.69 Å². The van der Waals surface area contributed by atoms with Crippen LogP contribution in [0, 0.1) is 0 Å². The van der Waals surface area contributed by atoms with E-state index in [4.69, 9.17) is 44.0 Å². The Hall–Kier alpha value is -2.73. The maximum atomic E-state index is 12.6. The van der Waals surface area contributed by atoms with E-state index >= 15 is 0 Å². The van der Waals surface area contributed by atoms with Crippen LogP contribution in [0.25, 0.3) is 22.6 Å². The minimum atomic E-state index is -0.826. The SMILES string of the molecule is C[C@H](Oc1cccc(Cl)c1Cl)C(=O)Nc1cc(Cl)c2oc(-c3ccccc3)nc2c1. The van der Waals surface area contributed by atoms with Crippen molar-refractivity contribution in [2.24, 2.45) is 0 Å². The van der Waals surface area contributed by atoms with E-state index in [1.54, 1.807) is 37.3 Å². The van der Waals surface area contributed by atoms with E-state index in [1.807, 2.05) is 30.3 Å². The van der Waals surface area contributed by atoms with Crippen LogP contribution >= 0.6 is 34.8 Å². The number of amides is 1. The van der Waals surface area contributed by atoms with Crippen LogP contribution in [0.15, 0.2) is 65.1 Å². The predicted molar refractivity (Wildman–Crippen MR) is 120 cm³/mol. The molecule has 0 aliphatic carbocycles. The van der Waals surface area contributed by atoms with Gasteiger partial charge in [0.15, 0.2) is 11.7 Å². The van der Waals surface area contributed by atoms with Crippen LogP contribution in [0.3, 0.4) is 0 Å². The van der Waals surface area contributed by atoms with Gasteiger partial charge >= 0.3 is 0 Å². The van der Waals surface area contributed by atoms with Crippen LogP contribution in [0.5, 0.6) is 5.75 Å². The first-order valence-corrected chi connectivity index (χ1v) is 10.1. The number of carbonyl (C=O) groups excluding carboxylic acids is 1. The molecule has 0 fully saturated rings. The van der Waals surface area contributed by atoms with Gasteiger partial charge in [0.25, 0.3) is 5.91 Å². The summed E-state index contributed by atoms with van der Waals surface area (Å²) in [6.07, 6.45) is -0.826. The summed E-state index contributed by atoms with van der Waals surface area (Å²) in [5.74, 6) is 0.390. The quantitative estimate of drug-likeness (QED) is 0.352. The Morgan fingerprint density at radius 1 is 1.03 bits per heavy atom. The van der Waals surface area contributed by atoms with Gasteiger partial charge in [-0.25, -0.2) is 4.98 Å². The van der Waals surface area contributed by atoms with Crippen molar-refractivity contribution in [2.45, 2.75) is 13.0 Å². The molecule has 1 amide bonds. The first-order chi connectivity index (χ1) is 14.4. The molecule has 1 aromatic heterocycles. The Kier molecular flexibility index (Phi) is 5.86. The van der Waals surface area contributed by atoms with Crippen LogP contribution in [0.1, 0.15) is 6.92 Å². The highest BCUT2D eigenvalue weighted by Gasteiger charge is 2.19. The van der Waals surface area contributed by atoms with Gasteiger partial charge in [0.2, 0.25) is 5.89 Å². The van der Waals surface area contributed by atoms with Crippen LogP contribution in [-0.2, 0) is 4.79 Å². The molecule has 0 spiro atoms. The average molecular weight is 462 g/mol. The number of ether oxygens (including phenoxy) is 1. The molecule has 1 atom stereocenters. The molecule has 0 aliphatic rings. The number of nitrogens with one attached hydrogen (secondary N) is 1. The smallest absolute Gasteiger partial charge is 0.265 e. The van der Waals surface area contributed by atoms with Gasteiger partial charge in [-0.05, 0) is 43.3 Å². The van der Waals surface area contributed by atoms with Crippen molar-refractivity contribution in [3.63, 3.8) is 0 Å². The minimum absolute atomic E-state index is 0.249. The number of hydrogen-bond acceptors (Lipinski definition) is 4. The molecular weight excluding hydrogens is 447 g/mol. The fourth-order valence-corrected chi connectivity index (χ4v) is 3.42. The van der Waals surface area contributed by atoms with E-state index < -0.39 is 6.10 Å². The van der Waals surface area contributed by atoms with Gasteiger partial charge < -0.3 is 14.5 Å². The molecule has 0 saturated heterocycles. The third kappa shape index (κ3) is 4.24. The zero-order valence-electron chi connectivity index (χ0n) is 15.7. The molecular formula is C22H15Cl3N2O3. The molecule has 1 heterocycles. The molecule has 0 saturated carbocycles. The highest BCUT2D eigenvalue weighted by Crippen LogP contribution is 2.33. The number of aromatic nitrogens is 1. The highest BCUT2D eigenvalue weighted by molar-refractivity contribution is 6.42. The average Bonchev–Trinajstić information content (AvgIpc) is 3.17. The standard InChI is InChI=1S/C22H15Cl3N2O3/c1-12(29-18-9-5-8-15(23)19(18)25)21(28)26-14-10-16(24)20-17(11-14)27-22(30-20)13-6-3-2-4-7-13/h2-12H,1H3,(H,26,28)/t12-/m0/s1. The first kappa shape index (κ1) is 20.5. The molecule has 4 aromatic rings. The third-order valence-electron chi connectivity index (χ3n) is 4.32. The van der Waals surface area contributed by atoms with Crippen LogP contribution in [0.2, 0.25) is 15.1 Å². The summed E-state index contributed by atoms with van der Waals surface area (Å²) < 4.78 is 11.4. The van der Waals surface area contributed by atoms with Gasteiger partial charge in [0.05, 0.1) is 10.0 Å². The second-order valence-electron chi connectivity index (χ2n) is 6.49. The van der Waals surface area contributed by atoms with Gasteiger partial charge in [-0.2, -0.15) is 0 Å². The lowest BCUT2D eigenvalue weighted by molar-refractivity contribution is -0.122. The Morgan fingerprint density at radius 3 is 2.57 bits per heavy atom. The lowest BCUT2D eigenvalue weighted by Crippen LogP contribution is -2.30. The summed E-state index contributed by atoms with van der Waals surface area (Å²) in [5, 5.41) is 3.70. The second-order valence-corrected chi connectivity index (χ2v) is 7.69. The van der Waals surface area contributed by atoms with Gasteiger partial charge in [0, 0.05) is 11.3 Å². The molecule has 3 aromatic carbocycles. The maximum absolute atomic E-state index is 12.6. The van der Waals surface area contributed by atoms with Crippen molar-refractivity contribution in [3.8, 4) is 17.2 Å². The summed E-state index contributed by atoms with van der Waals surface area (Å²) in [4.78, 5) is 17.1. The molecule has 152 valence electrons. The first-order valence-electron chi connectivity index (χ1n) is 8.99. The van der Waals surface area contributed by atoms with Crippen molar-refractivity contribution < 1.29 is 13.9 Å². The van der Waals surface area contributed by atoms with Crippen LogP contribution in [-0.4, -0.2) is 17.0 Å². The Morgan fingerprint density at radius 2 is 1.80 bits per heavy atom. The molecule has 4 rings (SSSR count). The van der Waals surface area contributed by atoms with Crippen molar-refractivity contribution in [2.75, 3.05) is 5.32 Å². The van der Waals surface area contributed by atoms with E-state index in [-0.39, 0.29) is 10.9 Å². The summed E-state index contributed by atoms with van der Waals surface area (Å²) in [7, 11) is 0. The second kappa shape index (κ2) is 8.56. The normalized spacial score (nSPS) is 12.0. The lowest BCUT2D eigenvalue weighted by Gasteiger charge is -2.16. The molecule has 0 bridgehead atoms. The number of hydrogen-bond donors (Lipinski definition) is 1. The van der Waals surface area contributed by atoms with Crippen molar-refractivity contribution in [3.05, 3.63) is 75.7 Å². The summed E-state index contributed by atoms with van der Waals surface area (Å²) in [5.41, 5.74) is 2.28. The van der Waals surface area contributed by atoms with Gasteiger partial charge in [0.1, 0.15) is 16.3 Å². The van der Waals surface area contributed by atoms with Crippen molar-refractivity contribution >= 4 is 57.5 Å². The molecule has 30 heavy (non-hydrogen) atoms. The minimum Gasteiger partial charge on any atom is -0.479 e. The summed E-state index contributed by atoms with van der Waals surface area (Å²) in [6.45, 7) is 1.61. The molecule has 0 unspecified atom stereocenters. The largest absolute Gasteiger partial charge is 0.479 e. The molecule has 8 heteroatoms. The monoisotopic (exact) mass is 460 g/mol. The van der Waals surface area contributed by atoms with Crippen LogP contribution < -0.4 is 10.1 Å². The van der Waals surface area contributed by atoms with Gasteiger partial charge in [-0.3, -0.25) is 4.79 Å². The fraction of sp³-hybridized carbons (Fsp3) is 0.0909. The predicted octanol–water partition coefficient (Wildman–Crippen LogP) is 6.86. The number of carbonyl (C=O) groups is 1. The van der Waals surface area contributed by atoms with Gasteiger partial charge in [-0.15, -0.1) is 0 Å². The number of benzene rings is 3. The third-order valence-corrected chi connectivity index (χ3v) is 5.40.